The molecular formula is C46H79NO9P+. The Hall–Kier alpha value is -2.59. The lowest BCUT2D eigenvalue weighted by molar-refractivity contribution is -0.870. The van der Waals surface area contributed by atoms with Gasteiger partial charge >= 0.3 is 19.8 Å². The zero-order valence-electron chi connectivity index (χ0n) is 36.2. The van der Waals surface area contributed by atoms with Gasteiger partial charge in [-0.25, -0.2) is 4.57 Å². The Morgan fingerprint density at radius 3 is 1.82 bits per heavy atom. The van der Waals surface area contributed by atoms with Gasteiger partial charge in [0.05, 0.1) is 40.0 Å². The van der Waals surface area contributed by atoms with Crippen LogP contribution in [0.2, 0.25) is 0 Å². The summed E-state index contributed by atoms with van der Waals surface area (Å²) in [7, 11) is 1.41. The van der Waals surface area contributed by atoms with Gasteiger partial charge in [-0.05, 0) is 83.5 Å². The first-order valence-electron chi connectivity index (χ1n) is 21.8. The normalized spacial score (nSPS) is 17.9. The first kappa shape index (κ1) is 52.4. The van der Waals surface area contributed by atoms with Crippen LogP contribution in [0.25, 0.3) is 0 Å². The Bertz CT molecular complexity index is 1270. The van der Waals surface area contributed by atoms with Gasteiger partial charge in [-0.3, -0.25) is 18.6 Å². The van der Waals surface area contributed by atoms with Gasteiger partial charge < -0.3 is 23.6 Å². The van der Waals surface area contributed by atoms with Gasteiger partial charge in [0.1, 0.15) is 19.8 Å². The molecule has 3 unspecified atom stereocenters. The number of hydrogen-bond donors (Lipinski definition) is 1. The van der Waals surface area contributed by atoms with Crippen molar-refractivity contribution >= 4 is 19.8 Å². The zero-order valence-corrected chi connectivity index (χ0v) is 37.1. The molecule has 0 saturated carbocycles. The highest BCUT2D eigenvalue weighted by molar-refractivity contribution is 7.47. The number of rotatable bonds is 37. The Morgan fingerprint density at radius 1 is 0.649 bits per heavy atom. The van der Waals surface area contributed by atoms with Crippen LogP contribution in [0.3, 0.4) is 0 Å². The van der Waals surface area contributed by atoms with Crippen molar-refractivity contribution in [3.63, 3.8) is 0 Å². The molecule has 1 saturated heterocycles. The second kappa shape index (κ2) is 34.3. The summed E-state index contributed by atoms with van der Waals surface area (Å²) in [6, 6.07) is 0. The van der Waals surface area contributed by atoms with Gasteiger partial charge in [0.2, 0.25) is 0 Å². The number of nitrogens with zero attached hydrogens (tertiary/aromatic N) is 1. The third-order valence-electron chi connectivity index (χ3n) is 9.12. The number of likely N-dealkylation sites (N-methyl/N-ethyl adjacent to an activating group) is 1. The lowest BCUT2D eigenvalue weighted by atomic mass is 10.1. The van der Waals surface area contributed by atoms with Crippen LogP contribution < -0.4 is 0 Å². The Kier molecular flexibility index (Phi) is 31.5. The van der Waals surface area contributed by atoms with Crippen LogP contribution in [-0.4, -0.2) is 87.1 Å². The number of esters is 2. The fourth-order valence-electron chi connectivity index (χ4n) is 5.59. The highest BCUT2D eigenvalue weighted by atomic mass is 31.2. The van der Waals surface area contributed by atoms with Crippen molar-refractivity contribution in [3.05, 3.63) is 72.9 Å². The van der Waals surface area contributed by atoms with Crippen molar-refractivity contribution in [1.82, 2.24) is 0 Å². The van der Waals surface area contributed by atoms with Crippen molar-refractivity contribution in [3.8, 4) is 0 Å². The van der Waals surface area contributed by atoms with E-state index < -0.39 is 32.5 Å². The quantitative estimate of drug-likeness (QED) is 0.0163. The molecule has 4 atom stereocenters. The Balaban J connectivity index is 2.35. The number of ether oxygens (including phenoxy) is 3. The Morgan fingerprint density at radius 2 is 1.18 bits per heavy atom. The average molecular weight is 821 g/mol. The summed E-state index contributed by atoms with van der Waals surface area (Å²) in [6.07, 6.45) is 44.1. The fourth-order valence-corrected chi connectivity index (χ4v) is 6.33. The molecule has 326 valence electrons. The molecule has 0 aliphatic carbocycles. The molecular weight excluding hydrogens is 741 g/mol. The van der Waals surface area contributed by atoms with Crippen LogP contribution in [0.1, 0.15) is 142 Å². The standard InChI is InChI=1S/C46H78NO9P/c1-6-8-10-12-14-16-17-18-19-20-21-23-25-27-33-37-46(49)55-42(41-54-57(50,51)53-39-38-47(3,4)5)40-52-45(48)36-32-29-28-31-35-44-43(56-44)34-30-26-24-22-15-13-11-9-7-2/h8,10,14-16,18-19,22,26,28,30-31,42-44H,6-7,9,11-13,17,20-21,23-25,27,29,32-41H2,1-5H3/p+1/b10-8-,16-14-,19-18-,22-15-,30-26-,31-28-/t42-,43?,44?/m1/s1. The maximum Gasteiger partial charge on any atom is 0.472 e. The fraction of sp³-hybridized carbons (Fsp3) is 0.696. The highest BCUT2D eigenvalue weighted by Crippen LogP contribution is 2.43. The molecule has 0 radical (unpaired) electrons. The van der Waals surface area contributed by atoms with E-state index in [1.165, 1.54) is 19.3 Å². The summed E-state index contributed by atoms with van der Waals surface area (Å²) in [6.45, 7) is 4.16. The SMILES string of the molecule is CC/C=C\C/C=C\C/C=C\CCCCCCCC(=O)O[C@H](COC(=O)CCC/C=C\CC1OC1C/C=C\C/C=C\CCCCC)COP(=O)(O)OCC[N+](C)(C)C. The molecule has 1 rings (SSSR count). The lowest BCUT2D eigenvalue weighted by Gasteiger charge is -2.24. The number of phosphoric acid groups is 1. The largest absolute Gasteiger partial charge is 0.472 e. The van der Waals surface area contributed by atoms with Crippen LogP contribution in [0.15, 0.2) is 72.9 Å². The van der Waals surface area contributed by atoms with E-state index in [0.717, 1.165) is 83.5 Å². The van der Waals surface area contributed by atoms with Crippen molar-refractivity contribution < 1.29 is 46.8 Å². The predicted octanol–water partition coefficient (Wildman–Crippen LogP) is 11.2. The van der Waals surface area contributed by atoms with Gasteiger partial charge in [-0.15, -0.1) is 0 Å². The van der Waals surface area contributed by atoms with Crippen LogP contribution in [0.5, 0.6) is 0 Å². The second-order valence-corrected chi connectivity index (χ2v) is 17.2. The van der Waals surface area contributed by atoms with Crippen LogP contribution in [0.4, 0.5) is 0 Å². The number of allylic oxidation sites excluding steroid dienone is 10. The summed E-state index contributed by atoms with van der Waals surface area (Å²) in [5, 5.41) is 0. The molecule has 1 fully saturated rings. The molecule has 0 amide bonds. The number of quaternary nitrogens is 1. The number of hydrogen-bond acceptors (Lipinski definition) is 8. The minimum absolute atomic E-state index is 0.0129. The third kappa shape index (κ3) is 35.1. The van der Waals surface area contributed by atoms with Gasteiger partial charge in [-0.1, -0.05) is 119 Å². The monoisotopic (exact) mass is 821 g/mol. The second-order valence-electron chi connectivity index (χ2n) is 15.7. The van der Waals surface area contributed by atoms with E-state index in [-0.39, 0.29) is 38.3 Å². The summed E-state index contributed by atoms with van der Waals surface area (Å²) in [5.41, 5.74) is 0. The maximum atomic E-state index is 12.7. The zero-order chi connectivity index (χ0) is 41.9. The molecule has 1 N–H and O–H groups in total. The topological polar surface area (TPSA) is 121 Å². The lowest BCUT2D eigenvalue weighted by Crippen LogP contribution is -2.37. The molecule has 0 aromatic carbocycles. The number of carbonyl (C=O) groups excluding carboxylic acids is 2. The minimum Gasteiger partial charge on any atom is -0.462 e. The minimum atomic E-state index is -4.40. The van der Waals surface area contributed by atoms with E-state index in [2.05, 4.69) is 86.8 Å². The molecule has 57 heavy (non-hydrogen) atoms. The van der Waals surface area contributed by atoms with E-state index in [9.17, 15) is 19.0 Å². The smallest absolute Gasteiger partial charge is 0.462 e. The van der Waals surface area contributed by atoms with E-state index in [4.69, 9.17) is 23.3 Å². The molecule has 0 aromatic heterocycles. The Labute approximate surface area is 346 Å². The molecule has 1 aliphatic heterocycles. The van der Waals surface area contributed by atoms with Crippen molar-refractivity contribution in [2.75, 3.05) is 47.5 Å². The highest BCUT2D eigenvalue weighted by Gasteiger charge is 2.36. The number of unbranched alkanes of at least 4 members (excludes halogenated alkanes) is 9. The van der Waals surface area contributed by atoms with Crippen molar-refractivity contribution in [2.24, 2.45) is 0 Å². The van der Waals surface area contributed by atoms with Crippen LogP contribution in [-0.2, 0) is 37.4 Å². The first-order valence-corrected chi connectivity index (χ1v) is 23.3. The number of carbonyl (C=O) groups is 2. The van der Waals surface area contributed by atoms with Gasteiger partial charge in [0, 0.05) is 12.8 Å². The van der Waals surface area contributed by atoms with Crippen LogP contribution in [0, 0.1) is 0 Å². The van der Waals surface area contributed by atoms with E-state index in [1.54, 1.807) is 0 Å². The summed E-state index contributed by atoms with van der Waals surface area (Å²) >= 11 is 0. The van der Waals surface area contributed by atoms with E-state index >= 15 is 0 Å². The molecule has 0 aromatic rings. The summed E-state index contributed by atoms with van der Waals surface area (Å²) in [4.78, 5) is 35.4. The first-order chi connectivity index (χ1) is 27.5. The average Bonchev–Trinajstić information content (AvgIpc) is 3.92. The third-order valence-corrected chi connectivity index (χ3v) is 10.1. The number of epoxide rings is 1. The maximum absolute atomic E-state index is 12.7. The van der Waals surface area contributed by atoms with Gasteiger partial charge in [0.25, 0.3) is 0 Å². The molecule has 1 heterocycles. The molecule has 10 nitrogen and oxygen atoms in total. The van der Waals surface area contributed by atoms with Crippen molar-refractivity contribution in [2.45, 2.75) is 161 Å². The van der Waals surface area contributed by atoms with Crippen molar-refractivity contribution in [1.29, 1.82) is 0 Å². The summed E-state index contributed by atoms with van der Waals surface area (Å²) < 4.78 is 40.0. The molecule has 0 bridgehead atoms. The number of phosphoric ester groups is 1. The predicted molar refractivity (Wildman–Crippen MR) is 233 cm³/mol. The molecule has 11 heteroatoms. The van der Waals surface area contributed by atoms with Crippen LogP contribution >= 0.6 is 7.82 Å². The molecule has 0 spiro atoms. The molecule has 1 aliphatic rings. The van der Waals surface area contributed by atoms with E-state index in [1.807, 2.05) is 21.1 Å². The van der Waals surface area contributed by atoms with E-state index in [0.29, 0.717) is 23.9 Å². The van der Waals surface area contributed by atoms with Gasteiger partial charge in [-0.2, -0.15) is 0 Å². The summed E-state index contributed by atoms with van der Waals surface area (Å²) in [5.74, 6) is -0.900. The van der Waals surface area contributed by atoms with Gasteiger partial charge in [0.15, 0.2) is 6.10 Å².